The van der Waals surface area contributed by atoms with E-state index in [1.165, 1.54) is 6.07 Å². The summed E-state index contributed by atoms with van der Waals surface area (Å²) in [6, 6.07) is 3.34. The zero-order valence-electron chi connectivity index (χ0n) is 6.56. The van der Waals surface area contributed by atoms with Crippen LogP contribution in [-0.4, -0.2) is 10.9 Å². The van der Waals surface area contributed by atoms with Crippen molar-refractivity contribution >= 4 is 6.29 Å². The molecule has 1 saturated carbocycles. The van der Waals surface area contributed by atoms with Gasteiger partial charge >= 0.3 is 0 Å². The van der Waals surface area contributed by atoms with Gasteiger partial charge in [0.25, 0.3) is 5.56 Å². The van der Waals surface area contributed by atoms with Crippen molar-refractivity contribution in [2.45, 2.75) is 18.9 Å². The molecule has 1 aromatic heterocycles. The molecule has 1 heterocycles. The SMILES string of the molecule is O=Cc1ccc(=O)n(C2CC2)c1. The third-order valence-corrected chi connectivity index (χ3v) is 2.04. The van der Waals surface area contributed by atoms with Crippen LogP contribution in [0.2, 0.25) is 0 Å². The predicted octanol–water partition coefficient (Wildman–Crippen LogP) is 0.996. The molecule has 1 aromatic rings. The average Bonchev–Trinajstić information content (AvgIpc) is 2.88. The van der Waals surface area contributed by atoms with Crippen LogP contribution in [0, 0.1) is 0 Å². The van der Waals surface area contributed by atoms with Crippen molar-refractivity contribution in [3.05, 3.63) is 34.2 Å². The van der Waals surface area contributed by atoms with E-state index in [-0.39, 0.29) is 5.56 Å². The summed E-state index contributed by atoms with van der Waals surface area (Å²) in [5.74, 6) is 0. The Morgan fingerprint density at radius 2 is 2.17 bits per heavy atom. The number of aromatic nitrogens is 1. The van der Waals surface area contributed by atoms with Crippen LogP contribution in [0.5, 0.6) is 0 Å². The lowest BCUT2D eigenvalue weighted by Gasteiger charge is -2.01. The van der Waals surface area contributed by atoms with Crippen molar-refractivity contribution in [3.63, 3.8) is 0 Å². The van der Waals surface area contributed by atoms with Crippen LogP contribution < -0.4 is 5.56 Å². The highest BCUT2D eigenvalue weighted by atomic mass is 16.1. The number of aldehydes is 1. The van der Waals surface area contributed by atoms with Gasteiger partial charge in [-0.1, -0.05) is 0 Å². The van der Waals surface area contributed by atoms with Crippen molar-refractivity contribution in [2.24, 2.45) is 0 Å². The minimum atomic E-state index is -0.0110. The standard InChI is InChI=1S/C9H9NO2/c11-6-7-1-4-9(12)10(5-7)8-2-3-8/h1,4-6,8H,2-3H2. The van der Waals surface area contributed by atoms with E-state index in [2.05, 4.69) is 0 Å². The van der Waals surface area contributed by atoms with Crippen LogP contribution in [-0.2, 0) is 0 Å². The minimum absolute atomic E-state index is 0.0110. The predicted molar refractivity (Wildman–Crippen MR) is 44.4 cm³/mol. The average molecular weight is 163 g/mol. The van der Waals surface area contributed by atoms with Gasteiger partial charge in [0.05, 0.1) is 0 Å². The van der Waals surface area contributed by atoms with Gasteiger partial charge in [-0.3, -0.25) is 9.59 Å². The summed E-state index contributed by atoms with van der Waals surface area (Å²) in [4.78, 5) is 21.6. The van der Waals surface area contributed by atoms with E-state index in [0.717, 1.165) is 19.1 Å². The van der Waals surface area contributed by atoms with Crippen LogP contribution in [0.3, 0.4) is 0 Å². The van der Waals surface area contributed by atoms with Crippen molar-refractivity contribution in [1.29, 1.82) is 0 Å². The van der Waals surface area contributed by atoms with Crippen molar-refractivity contribution in [3.8, 4) is 0 Å². The number of hydrogen-bond donors (Lipinski definition) is 0. The van der Waals surface area contributed by atoms with Crippen LogP contribution in [0.1, 0.15) is 29.2 Å². The molecule has 3 nitrogen and oxygen atoms in total. The van der Waals surface area contributed by atoms with Gasteiger partial charge in [-0.15, -0.1) is 0 Å². The Kier molecular flexibility index (Phi) is 1.57. The maximum Gasteiger partial charge on any atom is 0.250 e. The Balaban J connectivity index is 2.49. The highest BCUT2D eigenvalue weighted by Crippen LogP contribution is 2.33. The van der Waals surface area contributed by atoms with Gasteiger partial charge in [-0.05, 0) is 18.9 Å². The summed E-state index contributed by atoms with van der Waals surface area (Å²) in [5.41, 5.74) is 0.560. The van der Waals surface area contributed by atoms with E-state index in [1.807, 2.05) is 0 Å². The summed E-state index contributed by atoms with van der Waals surface area (Å²) in [5, 5.41) is 0. The molecular formula is C9H9NO2. The normalized spacial score (nSPS) is 16.0. The molecular weight excluding hydrogens is 154 g/mol. The van der Waals surface area contributed by atoms with Crippen LogP contribution in [0.4, 0.5) is 0 Å². The largest absolute Gasteiger partial charge is 0.312 e. The molecule has 3 heteroatoms. The lowest BCUT2D eigenvalue weighted by molar-refractivity contribution is 0.112. The second-order valence-corrected chi connectivity index (χ2v) is 3.06. The van der Waals surface area contributed by atoms with Gasteiger partial charge in [-0.25, -0.2) is 0 Å². The molecule has 0 radical (unpaired) electrons. The van der Waals surface area contributed by atoms with Gasteiger partial charge in [0.1, 0.15) is 0 Å². The van der Waals surface area contributed by atoms with E-state index in [1.54, 1.807) is 16.8 Å². The molecule has 12 heavy (non-hydrogen) atoms. The maximum atomic E-state index is 11.2. The number of rotatable bonds is 2. The van der Waals surface area contributed by atoms with Gasteiger partial charge in [-0.2, -0.15) is 0 Å². The van der Waals surface area contributed by atoms with Gasteiger partial charge in [0.2, 0.25) is 0 Å². The lowest BCUT2D eigenvalue weighted by atomic mass is 10.3. The zero-order valence-corrected chi connectivity index (χ0v) is 6.56. The molecule has 0 saturated heterocycles. The smallest absolute Gasteiger partial charge is 0.250 e. The first-order valence-electron chi connectivity index (χ1n) is 3.98. The summed E-state index contributed by atoms with van der Waals surface area (Å²) in [7, 11) is 0. The topological polar surface area (TPSA) is 39.1 Å². The summed E-state index contributed by atoms with van der Waals surface area (Å²) in [6.07, 6.45) is 4.51. The lowest BCUT2D eigenvalue weighted by Crippen LogP contribution is -2.17. The molecule has 0 aliphatic heterocycles. The molecule has 1 aliphatic carbocycles. The van der Waals surface area contributed by atoms with Crippen LogP contribution in [0.25, 0.3) is 0 Å². The second-order valence-electron chi connectivity index (χ2n) is 3.06. The fourth-order valence-electron chi connectivity index (χ4n) is 1.23. The van der Waals surface area contributed by atoms with E-state index >= 15 is 0 Å². The fraction of sp³-hybridized carbons (Fsp3) is 0.333. The highest BCUT2D eigenvalue weighted by molar-refractivity contribution is 5.73. The van der Waals surface area contributed by atoms with E-state index in [4.69, 9.17) is 0 Å². The molecule has 0 atom stereocenters. The Morgan fingerprint density at radius 3 is 2.75 bits per heavy atom. The molecule has 0 bridgehead atoms. The Hall–Kier alpha value is -1.38. The first-order chi connectivity index (χ1) is 5.81. The maximum absolute atomic E-state index is 11.2. The molecule has 0 N–H and O–H groups in total. The number of nitrogens with zero attached hydrogens (tertiary/aromatic N) is 1. The third-order valence-electron chi connectivity index (χ3n) is 2.04. The molecule has 0 spiro atoms. The third kappa shape index (κ3) is 1.18. The molecule has 62 valence electrons. The fourth-order valence-corrected chi connectivity index (χ4v) is 1.23. The summed E-state index contributed by atoms with van der Waals surface area (Å²) in [6.45, 7) is 0. The minimum Gasteiger partial charge on any atom is -0.312 e. The molecule has 0 unspecified atom stereocenters. The van der Waals surface area contributed by atoms with Gasteiger partial charge in [0.15, 0.2) is 6.29 Å². The first-order valence-corrected chi connectivity index (χ1v) is 3.98. The zero-order chi connectivity index (χ0) is 8.55. The van der Waals surface area contributed by atoms with E-state index in [9.17, 15) is 9.59 Å². The highest BCUT2D eigenvalue weighted by Gasteiger charge is 2.24. The van der Waals surface area contributed by atoms with Gasteiger partial charge in [0, 0.05) is 23.9 Å². The quantitative estimate of drug-likeness (QED) is 0.610. The van der Waals surface area contributed by atoms with E-state index < -0.39 is 0 Å². The Morgan fingerprint density at radius 1 is 1.42 bits per heavy atom. The molecule has 2 rings (SSSR count). The second kappa shape index (κ2) is 2.59. The van der Waals surface area contributed by atoms with Crippen LogP contribution >= 0.6 is 0 Å². The van der Waals surface area contributed by atoms with E-state index in [0.29, 0.717) is 11.6 Å². The number of carbonyl (C=O) groups excluding carboxylic acids is 1. The Bertz CT molecular complexity index is 363. The molecule has 0 amide bonds. The summed E-state index contributed by atoms with van der Waals surface area (Å²) < 4.78 is 1.64. The van der Waals surface area contributed by atoms with Gasteiger partial charge < -0.3 is 4.57 Å². The number of hydrogen-bond acceptors (Lipinski definition) is 2. The Labute approximate surface area is 69.6 Å². The number of pyridine rings is 1. The number of carbonyl (C=O) groups is 1. The van der Waals surface area contributed by atoms with Crippen molar-refractivity contribution < 1.29 is 4.79 Å². The first kappa shape index (κ1) is 7.28. The van der Waals surface area contributed by atoms with Crippen molar-refractivity contribution in [1.82, 2.24) is 4.57 Å². The van der Waals surface area contributed by atoms with Crippen LogP contribution in [0.15, 0.2) is 23.1 Å². The molecule has 1 aliphatic rings. The monoisotopic (exact) mass is 163 g/mol. The molecule has 0 aromatic carbocycles. The van der Waals surface area contributed by atoms with Crippen molar-refractivity contribution in [2.75, 3.05) is 0 Å². The molecule has 1 fully saturated rings. The summed E-state index contributed by atoms with van der Waals surface area (Å²) >= 11 is 0.